The number of rotatable bonds is 3. The van der Waals surface area contributed by atoms with Crippen LogP contribution in [0.15, 0.2) is 24.7 Å². The number of nitriles is 1. The van der Waals surface area contributed by atoms with Crippen molar-refractivity contribution in [3.8, 4) is 11.9 Å². The molecule has 0 spiro atoms. The molecule has 1 aliphatic carbocycles. The molecule has 4 heteroatoms. The summed E-state index contributed by atoms with van der Waals surface area (Å²) in [5.74, 6) is 1.51. The lowest BCUT2D eigenvalue weighted by molar-refractivity contribution is 0.192. The molecule has 0 bridgehead atoms. The first-order chi connectivity index (χ1) is 8.31. The van der Waals surface area contributed by atoms with Gasteiger partial charge in [0.05, 0.1) is 12.8 Å². The van der Waals surface area contributed by atoms with Gasteiger partial charge < -0.3 is 4.74 Å². The highest BCUT2D eigenvalue weighted by atomic mass is 16.5. The van der Waals surface area contributed by atoms with Crippen molar-refractivity contribution in [1.29, 1.82) is 5.26 Å². The molecule has 0 fully saturated rings. The van der Waals surface area contributed by atoms with E-state index in [4.69, 9.17) is 10.00 Å². The largest absolute Gasteiger partial charge is 0.476 e. The summed E-state index contributed by atoms with van der Waals surface area (Å²) in [4.78, 5) is 7.79. The summed E-state index contributed by atoms with van der Waals surface area (Å²) < 4.78 is 5.63. The maximum atomic E-state index is 8.89. The number of ether oxygens (including phenoxy) is 1. The van der Waals surface area contributed by atoms with Crippen molar-refractivity contribution in [3.63, 3.8) is 0 Å². The predicted octanol–water partition coefficient (Wildman–Crippen LogP) is 2.33. The third kappa shape index (κ3) is 2.82. The topological polar surface area (TPSA) is 58.8 Å². The van der Waals surface area contributed by atoms with Gasteiger partial charge in [0.25, 0.3) is 0 Å². The van der Waals surface area contributed by atoms with Gasteiger partial charge in [0.1, 0.15) is 18.0 Å². The molecule has 0 saturated heterocycles. The molecular weight excluding hydrogens is 214 g/mol. The number of nitrogens with zero attached hydrogens (tertiary/aromatic N) is 3. The van der Waals surface area contributed by atoms with Crippen molar-refractivity contribution in [2.75, 3.05) is 6.61 Å². The zero-order chi connectivity index (χ0) is 12.1. The third-order valence-electron chi connectivity index (χ3n) is 3.15. The van der Waals surface area contributed by atoms with Crippen molar-refractivity contribution < 1.29 is 4.74 Å². The molecule has 2 atom stereocenters. The van der Waals surface area contributed by atoms with E-state index in [1.54, 1.807) is 0 Å². The molecule has 0 amide bonds. The minimum atomic E-state index is 0.393. The van der Waals surface area contributed by atoms with Crippen LogP contribution in [0, 0.1) is 23.2 Å². The molecule has 4 nitrogen and oxygen atoms in total. The second-order valence-corrected chi connectivity index (χ2v) is 4.34. The van der Waals surface area contributed by atoms with E-state index in [0.29, 0.717) is 29.9 Å². The molecule has 0 aromatic carbocycles. The van der Waals surface area contributed by atoms with E-state index in [1.807, 2.05) is 6.07 Å². The van der Waals surface area contributed by atoms with Gasteiger partial charge in [0.15, 0.2) is 0 Å². The summed E-state index contributed by atoms with van der Waals surface area (Å²) in [6.45, 7) is 2.83. The van der Waals surface area contributed by atoms with Gasteiger partial charge in [-0.05, 0) is 24.7 Å². The standard InChI is InChI=1S/C13H15N3O/c1-10-4-2-3-5-11(10)8-17-13-12(6-14)7-15-9-16-13/h2-3,7,9-11H,4-5,8H2,1H3. The summed E-state index contributed by atoms with van der Waals surface area (Å²) in [5.41, 5.74) is 0.395. The number of allylic oxidation sites excluding steroid dienone is 2. The first kappa shape index (κ1) is 11.6. The molecule has 0 N–H and O–H groups in total. The van der Waals surface area contributed by atoms with E-state index in [1.165, 1.54) is 12.5 Å². The van der Waals surface area contributed by atoms with Crippen LogP contribution in [-0.4, -0.2) is 16.6 Å². The molecule has 17 heavy (non-hydrogen) atoms. The van der Waals surface area contributed by atoms with Gasteiger partial charge >= 0.3 is 0 Å². The number of hydrogen-bond donors (Lipinski definition) is 0. The van der Waals surface area contributed by atoms with Gasteiger partial charge in [0, 0.05) is 0 Å². The van der Waals surface area contributed by atoms with Gasteiger partial charge in [-0.2, -0.15) is 5.26 Å². The van der Waals surface area contributed by atoms with Gasteiger partial charge in [-0.25, -0.2) is 9.97 Å². The van der Waals surface area contributed by atoms with Crippen LogP contribution in [0.2, 0.25) is 0 Å². The smallest absolute Gasteiger partial charge is 0.234 e. The number of aromatic nitrogens is 2. The second-order valence-electron chi connectivity index (χ2n) is 4.34. The maximum Gasteiger partial charge on any atom is 0.234 e. The fourth-order valence-corrected chi connectivity index (χ4v) is 1.94. The molecular formula is C13H15N3O. The molecule has 88 valence electrons. The summed E-state index contributed by atoms with van der Waals surface area (Å²) in [6, 6.07) is 2.03. The van der Waals surface area contributed by atoms with Crippen molar-refractivity contribution in [3.05, 3.63) is 30.2 Å². The Morgan fingerprint density at radius 3 is 3.06 bits per heavy atom. The summed E-state index contributed by atoms with van der Waals surface area (Å²) in [7, 11) is 0. The average molecular weight is 229 g/mol. The van der Waals surface area contributed by atoms with Crippen molar-refractivity contribution in [2.24, 2.45) is 11.8 Å². The third-order valence-corrected chi connectivity index (χ3v) is 3.15. The van der Waals surface area contributed by atoms with E-state index in [-0.39, 0.29) is 0 Å². The van der Waals surface area contributed by atoms with Crippen LogP contribution >= 0.6 is 0 Å². The van der Waals surface area contributed by atoms with E-state index >= 15 is 0 Å². The van der Waals surface area contributed by atoms with Gasteiger partial charge in [-0.1, -0.05) is 19.1 Å². The van der Waals surface area contributed by atoms with Crippen LogP contribution < -0.4 is 4.74 Å². The molecule has 1 heterocycles. The Hall–Kier alpha value is -1.89. The maximum absolute atomic E-state index is 8.89. The molecule has 2 rings (SSSR count). The lowest BCUT2D eigenvalue weighted by Gasteiger charge is -2.24. The van der Waals surface area contributed by atoms with Crippen molar-refractivity contribution in [1.82, 2.24) is 9.97 Å². The highest BCUT2D eigenvalue weighted by Gasteiger charge is 2.19. The Bertz CT molecular complexity index is 450. The van der Waals surface area contributed by atoms with Crippen LogP contribution in [0.4, 0.5) is 0 Å². The lowest BCUT2D eigenvalue weighted by atomic mass is 9.85. The fourth-order valence-electron chi connectivity index (χ4n) is 1.94. The second kappa shape index (κ2) is 5.44. The molecule has 0 radical (unpaired) electrons. The van der Waals surface area contributed by atoms with E-state index in [2.05, 4.69) is 29.0 Å². The zero-order valence-corrected chi connectivity index (χ0v) is 9.84. The van der Waals surface area contributed by atoms with Gasteiger partial charge in [-0.15, -0.1) is 0 Å². The van der Waals surface area contributed by atoms with E-state index < -0.39 is 0 Å². The first-order valence-corrected chi connectivity index (χ1v) is 5.79. The normalized spacial score (nSPS) is 23.1. The van der Waals surface area contributed by atoms with Gasteiger partial charge in [0.2, 0.25) is 5.88 Å². The molecule has 1 aromatic heterocycles. The van der Waals surface area contributed by atoms with E-state index in [9.17, 15) is 0 Å². The highest BCUT2D eigenvalue weighted by Crippen LogP contribution is 2.25. The molecule has 1 aromatic rings. The Balaban J connectivity index is 1.98. The Labute approximate surface area is 101 Å². The minimum Gasteiger partial charge on any atom is -0.476 e. The SMILES string of the molecule is CC1CC=CCC1COc1ncncc1C#N. The molecule has 2 unspecified atom stereocenters. The molecule has 0 aliphatic heterocycles. The Morgan fingerprint density at radius 2 is 2.29 bits per heavy atom. The van der Waals surface area contributed by atoms with Crippen molar-refractivity contribution in [2.45, 2.75) is 19.8 Å². The zero-order valence-electron chi connectivity index (χ0n) is 9.84. The summed E-state index contributed by atoms with van der Waals surface area (Å²) >= 11 is 0. The molecule has 0 saturated carbocycles. The lowest BCUT2D eigenvalue weighted by Crippen LogP contribution is -2.21. The number of hydrogen-bond acceptors (Lipinski definition) is 4. The highest BCUT2D eigenvalue weighted by molar-refractivity contribution is 5.34. The summed E-state index contributed by atoms with van der Waals surface area (Å²) in [5, 5.41) is 8.89. The van der Waals surface area contributed by atoms with Crippen molar-refractivity contribution >= 4 is 0 Å². The van der Waals surface area contributed by atoms with Crippen LogP contribution in [-0.2, 0) is 0 Å². The van der Waals surface area contributed by atoms with E-state index in [0.717, 1.165) is 12.8 Å². The Morgan fingerprint density at radius 1 is 1.47 bits per heavy atom. The van der Waals surface area contributed by atoms with Crippen LogP contribution in [0.5, 0.6) is 5.88 Å². The summed E-state index contributed by atoms with van der Waals surface area (Å²) in [6.07, 6.45) is 9.43. The van der Waals surface area contributed by atoms with Crippen LogP contribution in [0.3, 0.4) is 0 Å². The average Bonchev–Trinajstić information content (AvgIpc) is 2.38. The van der Waals surface area contributed by atoms with Gasteiger partial charge in [-0.3, -0.25) is 0 Å². The Kier molecular flexibility index (Phi) is 3.71. The predicted molar refractivity (Wildman–Crippen MR) is 63.3 cm³/mol. The van der Waals surface area contributed by atoms with Crippen LogP contribution in [0.25, 0.3) is 0 Å². The first-order valence-electron chi connectivity index (χ1n) is 5.79. The molecule has 1 aliphatic rings. The van der Waals surface area contributed by atoms with Crippen LogP contribution in [0.1, 0.15) is 25.3 Å². The monoisotopic (exact) mass is 229 g/mol. The minimum absolute atomic E-state index is 0.393. The fraction of sp³-hybridized carbons (Fsp3) is 0.462. The quantitative estimate of drug-likeness (QED) is 0.746.